The van der Waals surface area contributed by atoms with Crippen LogP contribution in [0.3, 0.4) is 0 Å². The third kappa shape index (κ3) is 26.7. The number of rotatable bonds is 43. The average Bonchev–Trinajstić information content (AvgIpc) is 3.69. The summed E-state index contributed by atoms with van der Waals surface area (Å²) in [5.41, 5.74) is 5.52. The first kappa shape index (κ1) is 75.8. The lowest BCUT2D eigenvalue weighted by atomic mass is 9.99. The van der Waals surface area contributed by atoms with Crippen LogP contribution >= 0.6 is 0 Å². The Morgan fingerprint density at radius 1 is 0.453 bits per heavy atom. The highest BCUT2D eigenvalue weighted by Gasteiger charge is 2.46. The number of hydrogen-bond acceptors (Lipinski definition) is 28. The van der Waals surface area contributed by atoms with Gasteiger partial charge >= 0.3 is 0 Å². The molecule has 86 heavy (non-hydrogen) atoms. The molecule has 19 N–H and O–H groups in total. The van der Waals surface area contributed by atoms with E-state index in [1.807, 2.05) is 0 Å². The van der Waals surface area contributed by atoms with E-state index in [4.69, 9.17) is 34.2 Å². The Morgan fingerprint density at radius 2 is 0.895 bits per heavy atom. The molecule has 496 valence electrons. The van der Waals surface area contributed by atoms with Gasteiger partial charge in [-0.15, -0.1) is 0 Å². The number of nitrogens with two attached hydrogens (primary N) is 1. The minimum absolute atomic E-state index is 0.000574. The maximum absolute atomic E-state index is 13.6. The number of ether oxygens (including phenoxy) is 6. The van der Waals surface area contributed by atoms with E-state index in [1.165, 1.54) is 6.92 Å². The molecule has 3 saturated heterocycles. The Balaban J connectivity index is 1.59. The summed E-state index contributed by atoms with van der Waals surface area (Å²) in [4.78, 5) is 105. The van der Waals surface area contributed by atoms with Crippen molar-refractivity contribution in [2.75, 3.05) is 85.5 Å². The summed E-state index contributed by atoms with van der Waals surface area (Å²) in [7, 11) is 0. The molecule has 0 spiro atoms. The van der Waals surface area contributed by atoms with Crippen LogP contribution < -0.4 is 32.3 Å². The van der Waals surface area contributed by atoms with E-state index in [9.17, 15) is 99.6 Å². The predicted molar refractivity (Wildman–Crippen MR) is 293 cm³/mol. The molecule has 33 heteroatoms. The number of ketones is 3. The summed E-state index contributed by atoms with van der Waals surface area (Å²) in [5, 5.41) is 133. The molecule has 3 rings (SSSR count). The number of carbonyl (C=O) groups excluding carboxylic acids is 8. The second kappa shape index (κ2) is 41.0. The summed E-state index contributed by atoms with van der Waals surface area (Å²) in [6, 6.07) is -1.74. The normalized spacial score (nSPS) is 28.2. The molecule has 3 aliphatic heterocycles. The Morgan fingerprint density at radius 3 is 1.40 bits per heavy atom. The number of Topliss-reactive ketones (excluding diaryl/α,β-unsaturated/α-hetero) is 3. The van der Waals surface area contributed by atoms with Crippen molar-refractivity contribution >= 4 is 46.9 Å². The summed E-state index contributed by atoms with van der Waals surface area (Å²) in [6.45, 7) is -3.42. The van der Waals surface area contributed by atoms with E-state index in [1.54, 1.807) is 0 Å². The Labute approximate surface area is 497 Å². The van der Waals surface area contributed by atoms with Crippen molar-refractivity contribution < 1.29 is 128 Å². The minimum Gasteiger partial charge on any atom is -0.394 e. The van der Waals surface area contributed by atoms with E-state index < -0.39 is 179 Å². The van der Waals surface area contributed by atoms with Crippen molar-refractivity contribution in [2.45, 2.75) is 201 Å². The fourth-order valence-electron chi connectivity index (χ4n) is 9.32. The molecule has 0 radical (unpaired) electrons. The summed E-state index contributed by atoms with van der Waals surface area (Å²) in [6.07, 6.45) is -20.0. The standard InChI is InChI=1S/C53H93N7O26/c1-29(64)31(11-4-6-16-54)58-38(68)15-3-2-14-37(67)55-17-7-5-12-32(33(66)13-9-20-82-52-49(79)46(76)43(73)35(27-62)85-52)59-39(69)22-57-41(71)25-60(23-30(65)10-8-19-81-51-48(78)45(75)42(72)34(26-61)84-51)24-40(70)56-18-21-83-53-50(80)47(77)44(74)36(28-63)86-53/h31-32,34-36,42-53,61-63,72-80H,2-28,54H2,1H3,(H,55,67)(H,56,70)(H,57,71)(H,58,68)(H,59,69)/t31-,32-,34+,35+,36+,42+,43+,44+,45-,46-,47-,48+,49-,50+,51+,52-,53+/m0/s1. The molecule has 0 unspecified atom stereocenters. The number of nitrogens with one attached hydrogen (secondary N) is 5. The molecule has 3 aliphatic rings. The molecule has 0 saturated carbocycles. The molecule has 5 amide bonds. The average molecular weight is 1240 g/mol. The van der Waals surface area contributed by atoms with Gasteiger partial charge in [0, 0.05) is 38.8 Å². The van der Waals surface area contributed by atoms with E-state index >= 15 is 0 Å². The zero-order valence-corrected chi connectivity index (χ0v) is 48.5. The smallest absolute Gasteiger partial charge is 0.239 e. The highest BCUT2D eigenvalue weighted by molar-refractivity contribution is 5.92. The van der Waals surface area contributed by atoms with Crippen LogP contribution in [-0.4, -0.2) is 303 Å². The molecule has 0 aromatic heterocycles. The lowest BCUT2D eigenvalue weighted by Gasteiger charge is -2.39. The Hall–Kier alpha value is -4.44. The largest absolute Gasteiger partial charge is 0.394 e. The molecule has 33 nitrogen and oxygen atoms in total. The van der Waals surface area contributed by atoms with Gasteiger partial charge in [-0.2, -0.15) is 0 Å². The molecule has 0 aromatic carbocycles. The first-order valence-corrected chi connectivity index (χ1v) is 29.1. The van der Waals surface area contributed by atoms with Crippen molar-refractivity contribution in [3.8, 4) is 0 Å². The van der Waals surface area contributed by atoms with Crippen LogP contribution in [0, 0.1) is 0 Å². The Kier molecular flexibility index (Phi) is 36.1. The number of nitrogens with zero attached hydrogens (tertiary/aromatic N) is 1. The highest BCUT2D eigenvalue weighted by atomic mass is 16.7. The summed E-state index contributed by atoms with van der Waals surface area (Å²) >= 11 is 0. The Bertz CT molecular complexity index is 2010. The monoisotopic (exact) mass is 1240 g/mol. The number of carbonyl (C=O) groups is 8. The predicted octanol–water partition coefficient (Wildman–Crippen LogP) is -8.80. The van der Waals surface area contributed by atoms with Crippen LogP contribution in [0.4, 0.5) is 0 Å². The van der Waals surface area contributed by atoms with Crippen LogP contribution in [-0.2, 0) is 66.8 Å². The van der Waals surface area contributed by atoms with E-state index in [2.05, 4.69) is 26.6 Å². The lowest BCUT2D eigenvalue weighted by Crippen LogP contribution is -2.59. The molecule has 0 bridgehead atoms. The molecular weight excluding hydrogens is 1150 g/mol. The van der Waals surface area contributed by atoms with Crippen molar-refractivity contribution in [3.05, 3.63) is 0 Å². The maximum Gasteiger partial charge on any atom is 0.239 e. The van der Waals surface area contributed by atoms with Gasteiger partial charge in [0.15, 0.2) is 30.4 Å². The minimum atomic E-state index is -1.72. The number of aliphatic hydroxyl groups is 12. The SMILES string of the molecule is CC(=O)[C@H](CCCCN)NC(=O)CCCCC(=O)NCCCC[C@H](NC(=O)CNC(=O)CN(CC(=O)CCCO[C@@H]1O[C@H](CO)[C@@H](O)[C@H](O)[C@H]1O)CC(=O)NCCO[C@@H]1O[C@H](CO)[C@@H](O)[C@H](O)[C@H]1O)C(=O)CCCO[C@H]1O[C@H](CO)[C@@H](O)[C@H](O)[C@@H]1O. The second-order valence-corrected chi connectivity index (χ2v) is 21.4. The molecule has 17 atom stereocenters. The zero-order valence-electron chi connectivity index (χ0n) is 48.5. The van der Waals surface area contributed by atoms with Crippen LogP contribution in [0.25, 0.3) is 0 Å². The van der Waals surface area contributed by atoms with E-state index in [0.717, 1.165) is 11.3 Å². The molecular formula is C53H93N7O26. The van der Waals surface area contributed by atoms with Crippen molar-refractivity contribution in [3.63, 3.8) is 0 Å². The van der Waals surface area contributed by atoms with Gasteiger partial charge in [-0.3, -0.25) is 43.3 Å². The van der Waals surface area contributed by atoms with Crippen LogP contribution in [0.1, 0.15) is 96.8 Å². The van der Waals surface area contributed by atoms with Crippen LogP contribution in [0.2, 0.25) is 0 Å². The van der Waals surface area contributed by atoms with Gasteiger partial charge < -0.3 is 122 Å². The third-order valence-electron chi connectivity index (χ3n) is 14.4. The first-order chi connectivity index (χ1) is 41.0. The number of unbranched alkanes of at least 4 members (excludes halogenated alkanes) is 3. The second-order valence-electron chi connectivity index (χ2n) is 21.4. The topological polar surface area (TPSA) is 524 Å². The number of aliphatic hydroxyl groups excluding tert-OH is 12. The van der Waals surface area contributed by atoms with Gasteiger partial charge in [0.25, 0.3) is 0 Å². The van der Waals surface area contributed by atoms with Gasteiger partial charge in [-0.05, 0) is 77.7 Å². The van der Waals surface area contributed by atoms with Gasteiger partial charge in [-0.25, -0.2) is 0 Å². The lowest BCUT2D eigenvalue weighted by molar-refractivity contribution is -0.301. The first-order valence-electron chi connectivity index (χ1n) is 29.1. The third-order valence-corrected chi connectivity index (χ3v) is 14.4. The van der Waals surface area contributed by atoms with Gasteiger partial charge in [0.05, 0.1) is 77.9 Å². The highest BCUT2D eigenvalue weighted by Crippen LogP contribution is 2.25. The molecule has 3 heterocycles. The zero-order chi connectivity index (χ0) is 63.9. The molecule has 0 aromatic rings. The van der Waals surface area contributed by atoms with Gasteiger partial charge in [0.1, 0.15) is 79.0 Å². The number of amides is 5. The fourth-order valence-corrected chi connectivity index (χ4v) is 9.32. The van der Waals surface area contributed by atoms with Gasteiger partial charge in [-0.1, -0.05) is 0 Å². The van der Waals surface area contributed by atoms with Crippen LogP contribution in [0.5, 0.6) is 0 Å². The quantitative estimate of drug-likeness (QED) is 0.0252. The molecule has 0 aliphatic carbocycles. The van der Waals surface area contributed by atoms with Crippen molar-refractivity contribution in [1.82, 2.24) is 31.5 Å². The van der Waals surface area contributed by atoms with E-state index in [-0.39, 0.29) is 95.5 Å². The number of hydrogen-bond donors (Lipinski definition) is 18. The van der Waals surface area contributed by atoms with Crippen molar-refractivity contribution in [1.29, 1.82) is 0 Å². The van der Waals surface area contributed by atoms with Crippen LogP contribution in [0.15, 0.2) is 0 Å². The van der Waals surface area contributed by atoms with E-state index in [0.29, 0.717) is 45.1 Å². The fraction of sp³-hybridized carbons (Fsp3) is 0.849. The molecule has 3 fully saturated rings. The van der Waals surface area contributed by atoms with Gasteiger partial charge in [0.2, 0.25) is 29.5 Å². The van der Waals surface area contributed by atoms with Crippen molar-refractivity contribution in [2.24, 2.45) is 5.73 Å². The summed E-state index contributed by atoms with van der Waals surface area (Å²) < 4.78 is 32.3. The summed E-state index contributed by atoms with van der Waals surface area (Å²) in [5.74, 6) is -4.14. The maximum atomic E-state index is 13.6.